The van der Waals surface area contributed by atoms with Crippen molar-refractivity contribution in [2.24, 2.45) is 0 Å². The minimum Gasteiger partial charge on any atom is -0.467 e. The molecule has 0 radical (unpaired) electrons. The smallest absolute Gasteiger partial charge is 0.314 e. The molecule has 0 saturated heterocycles. The minimum absolute atomic E-state index is 0.00601. The molecule has 2 aromatic rings. The molecule has 0 bridgehead atoms. The second-order valence-electron chi connectivity index (χ2n) is 4.70. The van der Waals surface area contributed by atoms with Crippen LogP contribution in [0.15, 0.2) is 41.0 Å². The molecular weight excluding hydrogens is 294 g/mol. The van der Waals surface area contributed by atoms with E-state index < -0.39 is 23.8 Å². The molecule has 1 unspecified atom stereocenters. The van der Waals surface area contributed by atoms with Gasteiger partial charge in [0.2, 0.25) is 0 Å². The fourth-order valence-electron chi connectivity index (χ4n) is 1.91. The summed E-state index contributed by atoms with van der Waals surface area (Å²) in [4.78, 5) is 11.5. The third-order valence-electron chi connectivity index (χ3n) is 2.95. The average Bonchev–Trinajstić information content (AvgIpc) is 2.98. The fraction of sp³-hybridized carbons (Fsp3) is 0.267. The molecule has 22 heavy (non-hydrogen) atoms. The first kappa shape index (κ1) is 16.0. The molecule has 5 nitrogen and oxygen atoms in total. The number of aliphatic hydroxyl groups is 1. The van der Waals surface area contributed by atoms with Crippen LogP contribution in [-0.2, 0) is 6.42 Å². The number of carbonyl (C=O) groups excluding carboxylic acids is 1. The summed E-state index contributed by atoms with van der Waals surface area (Å²) in [5, 5.41) is 14.7. The monoisotopic (exact) mass is 310 g/mol. The van der Waals surface area contributed by atoms with Crippen LogP contribution in [0.5, 0.6) is 0 Å². The summed E-state index contributed by atoms with van der Waals surface area (Å²) in [5.41, 5.74) is 0.452. The van der Waals surface area contributed by atoms with E-state index in [1.165, 1.54) is 18.4 Å². The normalized spacial score (nSPS) is 12.0. The Hall–Kier alpha value is -2.41. The van der Waals surface area contributed by atoms with Gasteiger partial charge in [-0.2, -0.15) is 0 Å². The molecule has 2 amide bonds. The van der Waals surface area contributed by atoms with Crippen LogP contribution < -0.4 is 10.6 Å². The van der Waals surface area contributed by atoms with Crippen molar-refractivity contribution >= 4 is 6.03 Å². The first-order valence-electron chi connectivity index (χ1n) is 6.73. The van der Waals surface area contributed by atoms with Crippen LogP contribution in [0.1, 0.15) is 17.4 Å². The highest BCUT2D eigenvalue weighted by Gasteiger charge is 2.11. The predicted molar refractivity (Wildman–Crippen MR) is 75.1 cm³/mol. The van der Waals surface area contributed by atoms with Crippen molar-refractivity contribution in [3.8, 4) is 0 Å². The lowest BCUT2D eigenvalue weighted by Crippen LogP contribution is -2.38. The summed E-state index contributed by atoms with van der Waals surface area (Å²) in [6, 6.07) is 5.97. The molecule has 0 saturated carbocycles. The van der Waals surface area contributed by atoms with E-state index in [9.17, 15) is 18.7 Å². The second-order valence-corrected chi connectivity index (χ2v) is 4.70. The molecule has 0 fully saturated rings. The van der Waals surface area contributed by atoms with E-state index in [-0.39, 0.29) is 13.1 Å². The summed E-state index contributed by atoms with van der Waals surface area (Å²) in [6.07, 6.45) is 0.789. The summed E-state index contributed by atoms with van der Waals surface area (Å²) in [6.45, 7) is 0.208. The molecule has 1 aromatic heterocycles. The number of amides is 2. The lowest BCUT2D eigenvalue weighted by Gasteiger charge is -2.10. The number of hydrogen-bond acceptors (Lipinski definition) is 3. The Labute approximate surface area is 125 Å². The maximum Gasteiger partial charge on any atom is 0.314 e. The van der Waals surface area contributed by atoms with Crippen molar-refractivity contribution < 1.29 is 23.1 Å². The minimum atomic E-state index is -0.932. The van der Waals surface area contributed by atoms with Gasteiger partial charge in [-0.25, -0.2) is 13.6 Å². The molecular formula is C15H16F2N2O3. The van der Waals surface area contributed by atoms with Gasteiger partial charge in [0, 0.05) is 12.6 Å². The van der Waals surface area contributed by atoms with Crippen LogP contribution >= 0.6 is 0 Å². The molecule has 3 N–H and O–H groups in total. The van der Waals surface area contributed by atoms with E-state index in [0.29, 0.717) is 17.7 Å². The number of furan rings is 1. The molecule has 0 aliphatic heterocycles. The van der Waals surface area contributed by atoms with Crippen molar-refractivity contribution in [3.05, 3.63) is 59.6 Å². The zero-order chi connectivity index (χ0) is 15.9. The van der Waals surface area contributed by atoms with Gasteiger partial charge in [-0.1, -0.05) is 0 Å². The first-order chi connectivity index (χ1) is 10.5. The number of halogens is 2. The van der Waals surface area contributed by atoms with E-state index in [0.717, 1.165) is 6.07 Å². The van der Waals surface area contributed by atoms with Gasteiger partial charge in [-0.3, -0.25) is 0 Å². The van der Waals surface area contributed by atoms with Gasteiger partial charge in [0.25, 0.3) is 0 Å². The van der Waals surface area contributed by atoms with E-state index in [2.05, 4.69) is 10.6 Å². The van der Waals surface area contributed by atoms with Gasteiger partial charge in [0.05, 0.1) is 12.8 Å². The van der Waals surface area contributed by atoms with Crippen LogP contribution in [0.3, 0.4) is 0 Å². The van der Waals surface area contributed by atoms with Crippen molar-refractivity contribution in [1.29, 1.82) is 0 Å². The zero-order valence-corrected chi connectivity index (χ0v) is 11.7. The molecule has 7 heteroatoms. The SMILES string of the molecule is O=C(NCCc1cc(F)cc(F)c1)NCC(O)c1ccco1. The van der Waals surface area contributed by atoms with Gasteiger partial charge in [-0.15, -0.1) is 0 Å². The maximum absolute atomic E-state index is 13.0. The predicted octanol–water partition coefficient (Wildman–Crippen LogP) is 2.13. The van der Waals surface area contributed by atoms with E-state index in [4.69, 9.17) is 4.42 Å². The number of nitrogens with one attached hydrogen (secondary N) is 2. The zero-order valence-electron chi connectivity index (χ0n) is 11.7. The quantitative estimate of drug-likeness (QED) is 0.765. The largest absolute Gasteiger partial charge is 0.467 e. The number of rotatable bonds is 6. The summed E-state index contributed by atoms with van der Waals surface area (Å²) < 4.78 is 31.0. The Kier molecular flexibility index (Phi) is 5.48. The topological polar surface area (TPSA) is 74.5 Å². The Morgan fingerprint density at radius 3 is 2.59 bits per heavy atom. The van der Waals surface area contributed by atoms with Crippen LogP contribution in [0.2, 0.25) is 0 Å². The summed E-state index contributed by atoms with van der Waals surface area (Å²) in [5.74, 6) is -0.947. The molecule has 118 valence electrons. The highest BCUT2D eigenvalue weighted by Crippen LogP contribution is 2.11. The van der Waals surface area contributed by atoms with Gasteiger partial charge in [0.15, 0.2) is 0 Å². The lowest BCUT2D eigenvalue weighted by atomic mass is 10.1. The van der Waals surface area contributed by atoms with Crippen LogP contribution in [0.25, 0.3) is 0 Å². The van der Waals surface area contributed by atoms with Crippen molar-refractivity contribution in [2.45, 2.75) is 12.5 Å². The third-order valence-corrected chi connectivity index (χ3v) is 2.95. The average molecular weight is 310 g/mol. The van der Waals surface area contributed by atoms with Crippen molar-refractivity contribution in [3.63, 3.8) is 0 Å². The third kappa shape index (κ3) is 4.85. The summed E-state index contributed by atoms with van der Waals surface area (Å²) in [7, 11) is 0. The molecule has 2 rings (SSSR count). The van der Waals surface area contributed by atoms with Crippen molar-refractivity contribution in [2.75, 3.05) is 13.1 Å². The lowest BCUT2D eigenvalue weighted by molar-refractivity contribution is 0.148. The van der Waals surface area contributed by atoms with Crippen molar-refractivity contribution in [1.82, 2.24) is 10.6 Å². The fourth-order valence-corrected chi connectivity index (χ4v) is 1.91. The van der Waals surface area contributed by atoms with Gasteiger partial charge in [0.1, 0.15) is 23.5 Å². The molecule has 1 atom stereocenters. The number of aliphatic hydroxyl groups excluding tert-OH is 1. The Morgan fingerprint density at radius 1 is 1.23 bits per heavy atom. The van der Waals surface area contributed by atoms with Gasteiger partial charge >= 0.3 is 6.03 Å². The van der Waals surface area contributed by atoms with Gasteiger partial charge < -0.3 is 20.2 Å². The standard InChI is InChI=1S/C15H16F2N2O3/c16-11-6-10(7-12(17)8-11)3-4-18-15(21)19-9-13(20)14-2-1-5-22-14/h1-2,5-8,13,20H,3-4,9H2,(H2,18,19,21). The Balaban J connectivity index is 1.69. The molecule has 1 heterocycles. The Bertz CT molecular complexity index is 597. The van der Waals surface area contributed by atoms with Crippen LogP contribution in [-0.4, -0.2) is 24.2 Å². The number of urea groups is 1. The summed E-state index contributed by atoms with van der Waals surface area (Å²) >= 11 is 0. The van der Waals surface area contributed by atoms with Crippen LogP contribution in [0.4, 0.5) is 13.6 Å². The molecule has 0 spiro atoms. The molecule has 1 aromatic carbocycles. The highest BCUT2D eigenvalue weighted by molar-refractivity contribution is 5.73. The molecule has 0 aliphatic carbocycles. The van der Waals surface area contributed by atoms with E-state index in [1.807, 2.05) is 0 Å². The molecule has 0 aliphatic rings. The maximum atomic E-state index is 13.0. The first-order valence-corrected chi connectivity index (χ1v) is 6.73. The van der Waals surface area contributed by atoms with E-state index >= 15 is 0 Å². The Morgan fingerprint density at radius 2 is 1.95 bits per heavy atom. The van der Waals surface area contributed by atoms with Crippen LogP contribution in [0, 0.1) is 11.6 Å². The second kappa shape index (κ2) is 7.56. The highest BCUT2D eigenvalue weighted by atomic mass is 19.1. The van der Waals surface area contributed by atoms with Gasteiger partial charge in [-0.05, 0) is 36.2 Å². The number of hydrogen-bond donors (Lipinski definition) is 3. The van der Waals surface area contributed by atoms with E-state index in [1.54, 1.807) is 12.1 Å². The number of carbonyl (C=O) groups is 1. The number of benzene rings is 1.